The molecule has 2 heterocycles. The van der Waals surface area contributed by atoms with Gasteiger partial charge in [-0.2, -0.15) is 0 Å². The SMILES string of the molecule is CC(OC(=O)c1c2c(nc3ccccc13)/C(=C/c1ccc3c(c1)OCO3)CC2)C(=O)NC(=O)NC1CC1. The first-order valence-corrected chi connectivity index (χ1v) is 12.3. The van der Waals surface area contributed by atoms with Crippen LogP contribution in [0.1, 0.15) is 53.4 Å². The van der Waals surface area contributed by atoms with Crippen molar-refractivity contribution in [1.29, 1.82) is 0 Å². The van der Waals surface area contributed by atoms with Gasteiger partial charge in [-0.1, -0.05) is 24.3 Å². The molecule has 1 atom stereocenters. The molecule has 2 aromatic carbocycles. The van der Waals surface area contributed by atoms with Crippen molar-refractivity contribution in [2.24, 2.45) is 0 Å². The van der Waals surface area contributed by atoms with Gasteiger partial charge in [0.15, 0.2) is 17.6 Å². The quantitative estimate of drug-likeness (QED) is 0.510. The fourth-order valence-electron chi connectivity index (χ4n) is 4.65. The number of aromatic nitrogens is 1. The molecule has 3 aliphatic rings. The molecule has 0 saturated heterocycles. The Morgan fingerprint density at radius 3 is 2.73 bits per heavy atom. The smallest absolute Gasteiger partial charge is 0.339 e. The summed E-state index contributed by atoms with van der Waals surface area (Å²) in [6, 6.07) is 12.6. The van der Waals surface area contributed by atoms with Crippen molar-refractivity contribution in [2.75, 3.05) is 6.79 Å². The maximum absolute atomic E-state index is 13.4. The average molecular weight is 500 g/mol. The molecule has 1 fully saturated rings. The number of benzene rings is 2. The number of imide groups is 1. The van der Waals surface area contributed by atoms with Crippen molar-refractivity contribution in [2.45, 2.75) is 44.8 Å². The third-order valence-corrected chi connectivity index (χ3v) is 6.69. The Hall–Kier alpha value is -4.40. The van der Waals surface area contributed by atoms with Gasteiger partial charge in [-0.05, 0) is 73.6 Å². The van der Waals surface area contributed by atoms with Gasteiger partial charge in [0.05, 0.1) is 16.8 Å². The summed E-state index contributed by atoms with van der Waals surface area (Å²) in [6.07, 6.45) is 4.00. The molecule has 37 heavy (non-hydrogen) atoms. The number of nitrogens with one attached hydrogen (secondary N) is 2. The maximum atomic E-state index is 13.4. The molecule has 0 spiro atoms. The highest BCUT2D eigenvalue weighted by Gasteiger charge is 2.30. The molecule has 1 saturated carbocycles. The van der Waals surface area contributed by atoms with E-state index in [4.69, 9.17) is 19.2 Å². The summed E-state index contributed by atoms with van der Waals surface area (Å²) in [5, 5.41) is 5.58. The molecular weight excluding hydrogens is 474 g/mol. The summed E-state index contributed by atoms with van der Waals surface area (Å²) in [5.41, 5.74) is 4.53. The number of allylic oxidation sites excluding steroid dienone is 1. The zero-order valence-corrected chi connectivity index (χ0v) is 20.2. The molecule has 1 unspecified atom stereocenters. The van der Waals surface area contributed by atoms with Crippen LogP contribution in [0.3, 0.4) is 0 Å². The molecule has 1 aliphatic heterocycles. The normalized spacial score (nSPS) is 17.4. The summed E-state index contributed by atoms with van der Waals surface area (Å²) >= 11 is 0. The van der Waals surface area contributed by atoms with Gasteiger partial charge < -0.3 is 19.5 Å². The van der Waals surface area contributed by atoms with Gasteiger partial charge in [-0.25, -0.2) is 14.6 Å². The highest BCUT2D eigenvalue weighted by atomic mass is 16.7. The Kier molecular flexibility index (Phi) is 5.75. The lowest BCUT2D eigenvalue weighted by Gasteiger charge is -2.16. The number of ether oxygens (including phenoxy) is 3. The van der Waals surface area contributed by atoms with Gasteiger partial charge in [0.25, 0.3) is 5.91 Å². The van der Waals surface area contributed by atoms with E-state index in [0.717, 1.165) is 35.2 Å². The molecule has 188 valence electrons. The number of carbonyl (C=O) groups excluding carboxylic acids is 3. The summed E-state index contributed by atoms with van der Waals surface area (Å²) in [4.78, 5) is 42.7. The topological polar surface area (TPSA) is 116 Å². The number of pyridine rings is 1. The summed E-state index contributed by atoms with van der Waals surface area (Å²) < 4.78 is 16.4. The number of urea groups is 1. The lowest BCUT2D eigenvalue weighted by Crippen LogP contribution is -2.45. The number of para-hydroxylation sites is 1. The average Bonchev–Trinajstić information content (AvgIpc) is 3.42. The van der Waals surface area contributed by atoms with Crippen molar-refractivity contribution < 1.29 is 28.6 Å². The minimum absolute atomic E-state index is 0.108. The van der Waals surface area contributed by atoms with E-state index in [-0.39, 0.29) is 12.8 Å². The lowest BCUT2D eigenvalue weighted by atomic mass is 10.0. The zero-order chi connectivity index (χ0) is 25.5. The second kappa shape index (κ2) is 9.24. The van der Waals surface area contributed by atoms with Gasteiger partial charge >= 0.3 is 12.0 Å². The van der Waals surface area contributed by atoms with Gasteiger partial charge in [0, 0.05) is 11.4 Å². The highest BCUT2D eigenvalue weighted by molar-refractivity contribution is 6.08. The molecule has 1 aromatic heterocycles. The van der Waals surface area contributed by atoms with E-state index in [1.54, 1.807) is 0 Å². The van der Waals surface area contributed by atoms with E-state index >= 15 is 0 Å². The summed E-state index contributed by atoms with van der Waals surface area (Å²) in [5.74, 6) is 0.113. The van der Waals surface area contributed by atoms with Crippen LogP contribution in [0.2, 0.25) is 0 Å². The highest BCUT2D eigenvalue weighted by Crippen LogP contribution is 2.39. The standard InChI is InChI=1S/C28H25N3O6/c1-15(26(32)31-28(34)29-18-8-9-18)37-27(33)24-19-4-2-3-5-21(19)30-25-17(7-10-20(24)25)12-16-6-11-22-23(13-16)36-14-35-22/h2-6,11-13,15,18H,7-10,14H2,1H3,(H2,29,31,32,34)/b17-12+. The number of hydrogen-bond donors (Lipinski definition) is 2. The molecule has 3 aromatic rings. The van der Waals surface area contributed by atoms with Gasteiger partial charge in [0.1, 0.15) is 0 Å². The van der Waals surface area contributed by atoms with Crippen LogP contribution in [-0.2, 0) is 16.0 Å². The van der Waals surface area contributed by atoms with Crippen LogP contribution in [0.25, 0.3) is 22.6 Å². The summed E-state index contributed by atoms with van der Waals surface area (Å²) in [6.45, 7) is 1.66. The van der Waals surface area contributed by atoms with E-state index in [0.29, 0.717) is 40.8 Å². The van der Waals surface area contributed by atoms with Crippen LogP contribution < -0.4 is 20.1 Å². The van der Waals surface area contributed by atoms with Crippen LogP contribution in [0, 0.1) is 0 Å². The molecule has 2 aliphatic carbocycles. The number of fused-ring (bicyclic) bond motifs is 3. The Morgan fingerprint density at radius 2 is 1.89 bits per heavy atom. The van der Waals surface area contributed by atoms with Crippen molar-refractivity contribution in [3.05, 3.63) is 64.8 Å². The first-order chi connectivity index (χ1) is 18.0. The molecule has 9 nitrogen and oxygen atoms in total. The van der Waals surface area contributed by atoms with Gasteiger partial charge in [-0.3, -0.25) is 10.1 Å². The number of carbonyl (C=O) groups is 3. The predicted molar refractivity (Wildman–Crippen MR) is 135 cm³/mol. The van der Waals surface area contributed by atoms with E-state index in [1.807, 2.05) is 48.5 Å². The van der Waals surface area contributed by atoms with Crippen LogP contribution in [-0.4, -0.2) is 41.8 Å². The van der Waals surface area contributed by atoms with E-state index in [9.17, 15) is 14.4 Å². The summed E-state index contributed by atoms with van der Waals surface area (Å²) in [7, 11) is 0. The van der Waals surface area contributed by atoms with Crippen LogP contribution in [0.4, 0.5) is 4.79 Å². The minimum atomic E-state index is -1.15. The Labute approximate surface area is 212 Å². The second-order valence-electron chi connectivity index (χ2n) is 9.40. The molecular formula is C28H25N3O6. The zero-order valence-electron chi connectivity index (χ0n) is 20.2. The fraction of sp³-hybridized carbons (Fsp3) is 0.286. The number of rotatable bonds is 5. The molecule has 3 amide bonds. The minimum Gasteiger partial charge on any atom is -0.454 e. The largest absolute Gasteiger partial charge is 0.454 e. The number of nitrogens with zero attached hydrogens (tertiary/aromatic N) is 1. The third kappa shape index (κ3) is 4.60. The predicted octanol–water partition coefficient (Wildman–Crippen LogP) is 3.98. The molecule has 6 rings (SSSR count). The second-order valence-corrected chi connectivity index (χ2v) is 9.40. The first-order valence-electron chi connectivity index (χ1n) is 12.3. The van der Waals surface area contributed by atoms with Crippen molar-refractivity contribution in [1.82, 2.24) is 15.6 Å². The molecule has 2 N–H and O–H groups in total. The number of hydrogen-bond acceptors (Lipinski definition) is 7. The molecule has 0 radical (unpaired) electrons. The van der Waals surface area contributed by atoms with Crippen molar-refractivity contribution in [3.63, 3.8) is 0 Å². The Morgan fingerprint density at radius 1 is 1.08 bits per heavy atom. The van der Waals surface area contributed by atoms with Crippen molar-refractivity contribution in [3.8, 4) is 11.5 Å². The molecule has 0 bridgehead atoms. The van der Waals surface area contributed by atoms with E-state index < -0.39 is 24.0 Å². The van der Waals surface area contributed by atoms with E-state index in [2.05, 4.69) is 10.6 Å². The molecule has 9 heteroatoms. The monoisotopic (exact) mass is 499 g/mol. The fourth-order valence-corrected chi connectivity index (χ4v) is 4.65. The van der Waals surface area contributed by atoms with Crippen LogP contribution >= 0.6 is 0 Å². The number of amides is 3. The van der Waals surface area contributed by atoms with Crippen molar-refractivity contribution >= 4 is 40.5 Å². The van der Waals surface area contributed by atoms with E-state index in [1.165, 1.54) is 6.92 Å². The Bertz CT molecular complexity index is 1480. The maximum Gasteiger partial charge on any atom is 0.339 e. The van der Waals surface area contributed by atoms with Crippen LogP contribution in [0.15, 0.2) is 42.5 Å². The third-order valence-electron chi connectivity index (χ3n) is 6.69. The first kappa shape index (κ1) is 23.0. The number of esters is 1. The van der Waals surface area contributed by atoms with Gasteiger partial charge in [-0.15, -0.1) is 0 Å². The Balaban J connectivity index is 1.29. The lowest BCUT2D eigenvalue weighted by molar-refractivity contribution is -0.127. The van der Waals surface area contributed by atoms with Gasteiger partial charge in [0.2, 0.25) is 6.79 Å². The van der Waals surface area contributed by atoms with Crippen LogP contribution in [0.5, 0.6) is 11.5 Å².